The molecule has 1 aromatic carbocycles. The Kier molecular flexibility index (Phi) is 5.77. The molecule has 1 saturated heterocycles. The van der Waals surface area contributed by atoms with Gasteiger partial charge in [0.05, 0.1) is 23.1 Å². The van der Waals surface area contributed by atoms with Crippen molar-refractivity contribution in [2.45, 2.75) is 13.5 Å². The molecule has 0 radical (unpaired) electrons. The molecular weight excluding hydrogens is 396 g/mol. The summed E-state index contributed by atoms with van der Waals surface area (Å²) < 4.78 is 2.09. The predicted octanol–water partition coefficient (Wildman–Crippen LogP) is 3.32. The maximum absolute atomic E-state index is 12.5. The number of benzene rings is 1. The minimum Gasteiger partial charge on any atom is -0.465 e. The number of nitrogens with one attached hydrogen (secondary N) is 2. The molecule has 3 heterocycles. The minimum absolute atomic E-state index is 0.328. The van der Waals surface area contributed by atoms with Gasteiger partial charge < -0.3 is 25.2 Å². The van der Waals surface area contributed by atoms with Crippen molar-refractivity contribution in [3.05, 3.63) is 54.0 Å². The highest BCUT2D eigenvalue weighted by Crippen LogP contribution is 2.27. The van der Waals surface area contributed by atoms with Crippen molar-refractivity contribution in [2.75, 3.05) is 36.8 Å². The monoisotopic (exact) mass is 422 g/mol. The van der Waals surface area contributed by atoms with E-state index < -0.39 is 6.09 Å². The number of rotatable bonds is 4. The summed E-state index contributed by atoms with van der Waals surface area (Å²) in [6.45, 7) is 5.04. The van der Waals surface area contributed by atoms with Gasteiger partial charge in [-0.05, 0) is 31.2 Å². The van der Waals surface area contributed by atoms with Crippen LogP contribution in [0.4, 0.5) is 21.0 Å². The van der Waals surface area contributed by atoms with Gasteiger partial charge in [0.2, 0.25) is 0 Å². The molecule has 1 fully saturated rings. The number of fused-ring (bicyclic) bond motifs is 1. The molecule has 3 aromatic rings. The Morgan fingerprint density at radius 2 is 1.87 bits per heavy atom. The van der Waals surface area contributed by atoms with Gasteiger partial charge in [-0.2, -0.15) is 0 Å². The first kappa shape index (κ1) is 20.7. The van der Waals surface area contributed by atoms with Crippen LogP contribution in [0.2, 0.25) is 0 Å². The molecule has 0 unspecified atom stereocenters. The number of urea groups is 1. The number of pyridine rings is 1. The van der Waals surface area contributed by atoms with Gasteiger partial charge in [-0.15, -0.1) is 0 Å². The average Bonchev–Trinajstić information content (AvgIpc) is 3.06. The Hall–Kier alpha value is -3.59. The van der Waals surface area contributed by atoms with Gasteiger partial charge >= 0.3 is 12.1 Å². The molecule has 0 aliphatic carbocycles. The molecule has 0 spiro atoms. The molecule has 0 saturated carbocycles. The Labute approximate surface area is 180 Å². The molecule has 9 nitrogen and oxygen atoms in total. The molecule has 1 aliphatic rings. The number of carbonyl (C=O) groups excluding carboxylic acids is 1. The van der Waals surface area contributed by atoms with Crippen molar-refractivity contribution in [2.24, 2.45) is 7.05 Å². The second-order valence-electron chi connectivity index (χ2n) is 7.75. The lowest BCUT2D eigenvalue weighted by Crippen LogP contribution is -2.47. The highest BCUT2D eigenvalue weighted by atomic mass is 16.4. The zero-order valence-corrected chi connectivity index (χ0v) is 17.6. The third-order valence-electron chi connectivity index (χ3n) is 5.60. The highest BCUT2D eigenvalue weighted by Gasteiger charge is 2.21. The van der Waals surface area contributed by atoms with Crippen LogP contribution in [-0.2, 0) is 13.6 Å². The number of carboxylic acid groups (broad SMARTS) is 1. The molecule has 9 heteroatoms. The second kappa shape index (κ2) is 8.65. The van der Waals surface area contributed by atoms with E-state index in [0.29, 0.717) is 31.9 Å². The fraction of sp³-hybridized carbons (Fsp3) is 0.318. The van der Waals surface area contributed by atoms with Crippen LogP contribution < -0.4 is 10.6 Å². The van der Waals surface area contributed by atoms with E-state index in [1.54, 1.807) is 6.20 Å². The van der Waals surface area contributed by atoms with Crippen LogP contribution in [-0.4, -0.2) is 62.8 Å². The van der Waals surface area contributed by atoms with Gasteiger partial charge in [0.15, 0.2) is 0 Å². The van der Waals surface area contributed by atoms with Gasteiger partial charge in [-0.1, -0.05) is 12.1 Å². The van der Waals surface area contributed by atoms with Crippen molar-refractivity contribution in [1.29, 1.82) is 0 Å². The van der Waals surface area contributed by atoms with Crippen LogP contribution in [0.15, 0.2) is 42.6 Å². The summed E-state index contributed by atoms with van der Waals surface area (Å²) in [5.41, 5.74) is 4.29. The largest absolute Gasteiger partial charge is 0.465 e. The third kappa shape index (κ3) is 4.61. The fourth-order valence-electron chi connectivity index (χ4n) is 3.88. The zero-order chi connectivity index (χ0) is 22.0. The van der Waals surface area contributed by atoms with Crippen LogP contribution in [0.25, 0.3) is 10.9 Å². The van der Waals surface area contributed by atoms with Gasteiger partial charge in [-0.25, -0.2) is 9.59 Å². The smallest absolute Gasteiger partial charge is 0.407 e. The van der Waals surface area contributed by atoms with Crippen LogP contribution in [0.3, 0.4) is 0 Å². The lowest BCUT2D eigenvalue weighted by atomic mass is 10.2. The topological polar surface area (TPSA) is 103 Å². The first-order valence-corrected chi connectivity index (χ1v) is 10.2. The quantitative estimate of drug-likeness (QED) is 0.599. The number of hydrogen-bond donors (Lipinski definition) is 3. The summed E-state index contributed by atoms with van der Waals surface area (Å²) in [5.74, 6) is 0. The molecule has 162 valence electrons. The molecule has 3 N–H and O–H groups in total. The number of anilines is 2. The number of hydrogen-bond acceptors (Lipinski definition) is 4. The maximum Gasteiger partial charge on any atom is 0.407 e. The van der Waals surface area contributed by atoms with Crippen molar-refractivity contribution in [3.8, 4) is 0 Å². The predicted molar refractivity (Wildman–Crippen MR) is 119 cm³/mol. The molecule has 2 aromatic heterocycles. The van der Waals surface area contributed by atoms with Gasteiger partial charge in [-0.3, -0.25) is 9.88 Å². The van der Waals surface area contributed by atoms with Crippen LogP contribution in [0, 0.1) is 6.92 Å². The highest BCUT2D eigenvalue weighted by molar-refractivity contribution is 6.05. The SMILES string of the molecule is Cc1ccc(NC(=O)Nc2cccc3cc(CN4CCN(C(=O)O)CC4)n(C)c23)cn1. The molecule has 4 rings (SSSR count). The fourth-order valence-corrected chi connectivity index (χ4v) is 3.88. The maximum atomic E-state index is 12.5. The van der Waals surface area contributed by atoms with Gasteiger partial charge in [0, 0.05) is 56.5 Å². The van der Waals surface area contributed by atoms with E-state index in [-0.39, 0.29) is 6.03 Å². The summed E-state index contributed by atoms with van der Waals surface area (Å²) in [5, 5.41) is 15.9. The number of aryl methyl sites for hydroxylation is 2. The lowest BCUT2D eigenvalue weighted by Gasteiger charge is -2.33. The van der Waals surface area contributed by atoms with E-state index in [1.165, 1.54) is 4.90 Å². The Morgan fingerprint density at radius 3 is 2.55 bits per heavy atom. The number of piperazine rings is 1. The molecule has 0 atom stereocenters. The number of carbonyl (C=O) groups is 2. The Morgan fingerprint density at radius 1 is 1.10 bits per heavy atom. The van der Waals surface area contributed by atoms with E-state index in [0.717, 1.165) is 34.5 Å². The third-order valence-corrected chi connectivity index (χ3v) is 5.60. The van der Waals surface area contributed by atoms with E-state index in [1.807, 2.05) is 44.3 Å². The normalized spacial score (nSPS) is 14.6. The van der Waals surface area contributed by atoms with Crippen LogP contribution in [0.1, 0.15) is 11.4 Å². The first-order chi connectivity index (χ1) is 14.9. The van der Waals surface area contributed by atoms with Gasteiger partial charge in [0.25, 0.3) is 0 Å². The molecular formula is C22H26N6O3. The number of nitrogens with zero attached hydrogens (tertiary/aromatic N) is 4. The van der Waals surface area contributed by atoms with Crippen molar-refractivity contribution in [1.82, 2.24) is 19.4 Å². The second-order valence-corrected chi connectivity index (χ2v) is 7.75. The molecule has 3 amide bonds. The van der Waals surface area contributed by atoms with Crippen LogP contribution in [0.5, 0.6) is 0 Å². The molecule has 0 bridgehead atoms. The Balaban J connectivity index is 1.48. The zero-order valence-electron chi connectivity index (χ0n) is 17.6. The van der Waals surface area contributed by atoms with E-state index in [4.69, 9.17) is 5.11 Å². The summed E-state index contributed by atoms with van der Waals surface area (Å²) in [7, 11) is 1.98. The number of para-hydroxylation sites is 1. The molecule has 1 aliphatic heterocycles. The Bertz CT molecular complexity index is 1100. The lowest BCUT2D eigenvalue weighted by molar-refractivity contribution is 0.102. The van der Waals surface area contributed by atoms with Crippen molar-refractivity contribution in [3.63, 3.8) is 0 Å². The standard InChI is InChI=1S/C22H26N6O3/c1-15-6-7-17(13-23-15)24-21(29)25-19-5-3-4-16-12-18(26(2)20(16)19)14-27-8-10-28(11-9-27)22(30)31/h3-7,12-13H,8-11,14H2,1-2H3,(H,30,31)(H2,24,25,29). The average molecular weight is 422 g/mol. The molecule has 31 heavy (non-hydrogen) atoms. The van der Waals surface area contributed by atoms with E-state index in [2.05, 4.69) is 31.2 Å². The summed E-state index contributed by atoms with van der Waals surface area (Å²) in [6.07, 6.45) is 0.764. The number of amides is 3. The van der Waals surface area contributed by atoms with E-state index >= 15 is 0 Å². The van der Waals surface area contributed by atoms with E-state index in [9.17, 15) is 9.59 Å². The first-order valence-electron chi connectivity index (χ1n) is 10.2. The summed E-state index contributed by atoms with van der Waals surface area (Å²) in [6, 6.07) is 11.3. The van der Waals surface area contributed by atoms with Gasteiger partial charge in [0.1, 0.15) is 0 Å². The summed E-state index contributed by atoms with van der Waals surface area (Å²) in [4.78, 5) is 31.5. The van der Waals surface area contributed by atoms with Crippen molar-refractivity contribution < 1.29 is 14.7 Å². The number of aromatic nitrogens is 2. The van der Waals surface area contributed by atoms with Crippen molar-refractivity contribution >= 4 is 34.4 Å². The summed E-state index contributed by atoms with van der Waals surface area (Å²) >= 11 is 0. The van der Waals surface area contributed by atoms with Crippen LogP contribution >= 0.6 is 0 Å². The minimum atomic E-state index is -0.861.